The molecule has 0 aliphatic carbocycles. The van der Waals surface area contributed by atoms with Crippen LogP contribution in [-0.2, 0) is 30.8 Å². The van der Waals surface area contributed by atoms with Gasteiger partial charge in [0.25, 0.3) is 27.7 Å². The molecule has 0 spiro atoms. The molecule has 2 heterocycles. The Hall–Kier alpha value is -4.71. The van der Waals surface area contributed by atoms with Crippen LogP contribution >= 0.6 is 0 Å². The van der Waals surface area contributed by atoms with Crippen LogP contribution in [0.25, 0.3) is 0 Å². The molecular formula is C29H29N5O6S. The maximum absolute atomic E-state index is 13.9. The number of hydrogen-bond acceptors (Lipinski definition) is 6. The SMILES string of the molecule is Cc1ccc(S(=O)(=O)Nc2ccccc2)cc1NC(=O)C(C(=O)N1CCc2ccccc21)N1C(=O)C(C)N(C)C1=O. The Morgan fingerprint density at radius 1 is 0.976 bits per heavy atom. The molecule has 0 bridgehead atoms. The van der Waals surface area contributed by atoms with Crippen molar-refractivity contribution in [1.29, 1.82) is 0 Å². The molecule has 3 aromatic carbocycles. The summed E-state index contributed by atoms with van der Waals surface area (Å²) in [4.78, 5) is 57.2. The molecule has 12 heteroatoms. The van der Waals surface area contributed by atoms with E-state index in [9.17, 15) is 27.6 Å². The fraction of sp³-hybridized carbons (Fsp3) is 0.241. The molecule has 0 aromatic heterocycles. The van der Waals surface area contributed by atoms with Gasteiger partial charge in [0, 0.05) is 30.7 Å². The zero-order chi connectivity index (χ0) is 29.5. The predicted octanol–water partition coefficient (Wildman–Crippen LogP) is 2.97. The number of amides is 5. The van der Waals surface area contributed by atoms with Crippen molar-refractivity contribution >= 4 is 50.8 Å². The number of fused-ring (bicyclic) bond motifs is 1. The highest BCUT2D eigenvalue weighted by molar-refractivity contribution is 7.92. The molecule has 2 N–H and O–H groups in total. The third kappa shape index (κ3) is 5.13. The molecule has 2 aliphatic heterocycles. The number of aryl methyl sites for hydroxylation is 1. The summed E-state index contributed by atoms with van der Waals surface area (Å²) < 4.78 is 28.6. The van der Waals surface area contributed by atoms with E-state index in [-0.39, 0.29) is 17.1 Å². The van der Waals surface area contributed by atoms with Crippen molar-refractivity contribution < 1.29 is 27.6 Å². The number of rotatable bonds is 7. The molecular weight excluding hydrogens is 546 g/mol. The van der Waals surface area contributed by atoms with Crippen molar-refractivity contribution in [1.82, 2.24) is 9.80 Å². The van der Waals surface area contributed by atoms with Crippen molar-refractivity contribution in [2.75, 3.05) is 28.5 Å². The first-order valence-electron chi connectivity index (χ1n) is 13.0. The van der Waals surface area contributed by atoms with E-state index in [4.69, 9.17) is 0 Å². The van der Waals surface area contributed by atoms with Crippen LogP contribution in [0.4, 0.5) is 21.9 Å². The van der Waals surface area contributed by atoms with Crippen LogP contribution in [0.2, 0.25) is 0 Å². The lowest BCUT2D eigenvalue weighted by Crippen LogP contribution is -2.57. The summed E-state index contributed by atoms with van der Waals surface area (Å²) in [5, 5.41) is 2.62. The lowest BCUT2D eigenvalue weighted by molar-refractivity contribution is -0.140. The highest BCUT2D eigenvalue weighted by Crippen LogP contribution is 2.31. The van der Waals surface area contributed by atoms with E-state index >= 15 is 0 Å². The van der Waals surface area contributed by atoms with Crippen LogP contribution in [0.15, 0.2) is 77.7 Å². The molecule has 2 atom stereocenters. The fourth-order valence-corrected chi connectivity index (χ4v) is 6.00. The first-order chi connectivity index (χ1) is 19.5. The lowest BCUT2D eigenvalue weighted by atomic mass is 10.1. The second kappa shape index (κ2) is 10.7. The van der Waals surface area contributed by atoms with Gasteiger partial charge in [-0.3, -0.25) is 19.1 Å². The number of likely N-dealkylation sites (N-methyl/N-ethyl adjacent to an activating group) is 1. The summed E-state index contributed by atoms with van der Waals surface area (Å²) >= 11 is 0. The van der Waals surface area contributed by atoms with E-state index in [1.807, 2.05) is 12.1 Å². The average Bonchev–Trinajstić information content (AvgIpc) is 3.46. The fourth-order valence-electron chi connectivity index (χ4n) is 4.91. The highest BCUT2D eigenvalue weighted by Gasteiger charge is 2.51. The molecule has 3 aromatic rings. The second-order valence-corrected chi connectivity index (χ2v) is 11.7. The molecule has 0 radical (unpaired) electrons. The van der Waals surface area contributed by atoms with Crippen molar-refractivity contribution in [3.8, 4) is 0 Å². The third-order valence-electron chi connectivity index (χ3n) is 7.38. The van der Waals surface area contributed by atoms with Gasteiger partial charge in [0.05, 0.1) is 4.90 Å². The Labute approximate surface area is 237 Å². The monoisotopic (exact) mass is 575 g/mol. The molecule has 2 aliphatic rings. The minimum absolute atomic E-state index is 0.117. The zero-order valence-electron chi connectivity index (χ0n) is 22.7. The number of urea groups is 1. The van der Waals surface area contributed by atoms with Crippen LogP contribution in [0.1, 0.15) is 18.1 Å². The predicted molar refractivity (Wildman–Crippen MR) is 153 cm³/mol. The molecule has 5 amide bonds. The molecule has 41 heavy (non-hydrogen) atoms. The lowest BCUT2D eigenvalue weighted by Gasteiger charge is -2.28. The molecule has 1 saturated heterocycles. The zero-order valence-corrected chi connectivity index (χ0v) is 23.5. The second-order valence-electron chi connectivity index (χ2n) is 9.99. The molecule has 5 rings (SSSR count). The summed E-state index contributed by atoms with van der Waals surface area (Å²) in [6.07, 6.45) is 0.557. The Morgan fingerprint density at radius 2 is 1.66 bits per heavy atom. The molecule has 0 saturated carbocycles. The van der Waals surface area contributed by atoms with Gasteiger partial charge < -0.3 is 15.1 Å². The number of nitrogens with zero attached hydrogens (tertiary/aromatic N) is 3. The maximum Gasteiger partial charge on any atom is 0.328 e. The van der Waals surface area contributed by atoms with Crippen LogP contribution in [0, 0.1) is 6.92 Å². The Morgan fingerprint density at radius 3 is 2.34 bits per heavy atom. The topological polar surface area (TPSA) is 136 Å². The molecule has 11 nitrogen and oxygen atoms in total. The van der Waals surface area contributed by atoms with Gasteiger partial charge in [0.2, 0.25) is 0 Å². The normalized spacial score (nSPS) is 17.4. The van der Waals surface area contributed by atoms with E-state index < -0.39 is 45.9 Å². The van der Waals surface area contributed by atoms with Gasteiger partial charge in [0.15, 0.2) is 6.04 Å². The van der Waals surface area contributed by atoms with Crippen molar-refractivity contribution in [3.63, 3.8) is 0 Å². The number of carbonyl (C=O) groups excluding carboxylic acids is 4. The Kier molecular flexibility index (Phi) is 7.26. The van der Waals surface area contributed by atoms with Gasteiger partial charge in [-0.15, -0.1) is 0 Å². The van der Waals surface area contributed by atoms with E-state index in [2.05, 4.69) is 10.0 Å². The number of para-hydroxylation sites is 2. The number of nitrogens with one attached hydrogen (secondary N) is 2. The maximum atomic E-state index is 13.9. The van der Waals surface area contributed by atoms with Gasteiger partial charge in [0.1, 0.15) is 6.04 Å². The van der Waals surface area contributed by atoms with Crippen LogP contribution in [0.3, 0.4) is 0 Å². The Bertz CT molecular complexity index is 1640. The van der Waals surface area contributed by atoms with E-state index in [1.165, 1.54) is 42.0 Å². The number of sulfonamides is 1. The van der Waals surface area contributed by atoms with Crippen LogP contribution in [0.5, 0.6) is 0 Å². The highest BCUT2D eigenvalue weighted by atomic mass is 32.2. The summed E-state index contributed by atoms with van der Waals surface area (Å²) in [5.74, 6) is -2.35. The van der Waals surface area contributed by atoms with Gasteiger partial charge in [-0.1, -0.05) is 42.5 Å². The van der Waals surface area contributed by atoms with Crippen LogP contribution < -0.4 is 14.9 Å². The van der Waals surface area contributed by atoms with Gasteiger partial charge in [-0.25, -0.2) is 18.1 Å². The number of benzene rings is 3. The van der Waals surface area contributed by atoms with Crippen LogP contribution in [-0.4, -0.2) is 67.6 Å². The van der Waals surface area contributed by atoms with Crippen molar-refractivity contribution in [3.05, 3.63) is 83.9 Å². The standard InChI is InChI=1S/C29H29N5O6S/c1-18-13-14-22(41(39,40)31-21-10-5-4-6-11-21)17-23(18)30-26(35)25(34-27(36)19(2)32(3)29(34)38)28(37)33-16-15-20-9-7-8-12-24(20)33/h4-14,17,19,25,31H,15-16H2,1-3H3,(H,30,35). The van der Waals surface area contributed by atoms with Gasteiger partial charge in [-0.05, 0) is 61.7 Å². The van der Waals surface area contributed by atoms with Gasteiger partial charge in [-0.2, -0.15) is 0 Å². The van der Waals surface area contributed by atoms with Crippen molar-refractivity contribution in [2.45, 2.75) is 37.2 Å². The number of carbonyl (C=O) groups is 4. The average molecular weight is 576 g/mol. The third-order valence-corrected chi connectivity index (χ3v) is 8.76. The summed E-state index contributed by atoms with van der Waals surface area (Å²) in [7, 11) is -2.60. The first kappa shape index (κ1) is 27.8. The molecule has 2 unspecified atom stereocenters. The van der Waals surface area contributed by atoms with Gasteiger partial charge >= 0.3 is 6.03 Å². The van der Waals surface area contributed by atoms with E-state index in [0.29, 0.717) is 28.3 Å². The smallest absolute Gasteiger partial charge is 0.324 e. The largest absolute Gasteiger partial charge is 0.328 e. The minimum atomic E-state index is -4.02. The van der Waals surface area contributed by atoms with E-state index in [0.717, 1.165) is 5.56 Å². The quantitative estimate of drug-likeness (QED) is 0.328. The summed E-state index contributed by atoms with van der Waals surface area (Å²) in [6, 6.07) is 16.3. The number of imide groups is 1. The van der Waals surface area contributed by atoms with E-state index in [1.54, 1.807) is 49.4 Å². The molecule has 1 fully saturated rings. The first-order valence-corrected chi connectivity index (χ1v) is 14.5. The molecule has 212 valence electrons. The number of anilines is 3. The minimum Gasteiger partial charge on any atom is -0.324 e. The summed E-state index contributed by atoms with van der Waals surface area (Å²) in [5.41, 5.74) is 2.50. The number of hydrogen-bond donors (Lipinski definition) is 2. The summed E-state index contributed by atoms with van der Waals surface area (Å²) in [6.45, 7) is 3.46. The Balaban J connectivity index is 1.48. The van der Waals surface area contributed by atoms with Crippen molar-refractivity contribution in [2.24, 2.45) is 0 Å².